The lowest BCUT2D eigenvalue weighted by Gasteiger charge is -2.16. The molecule has 0 bridgehead atoms. The molecule has 1 aliphatic rings. The highest BCUT2D eigenvalue weighted by Crippen LogP contribution is 2.20. The first-order valence-electron chi connectivity index (χ1n) is 4.23. The smallest absolute Gasteiger partial charge is 0.277 e. The van der Waals surface area contributed by atoms with Gasteiger partial charge in [-0.05, 0) is 13.8 Å². The Kier molecular flexibility index (Phi) is 3.12. The Bertz CT molecular complexity index is 386. The molecular weight excluding hydrogens is 226 g/mol. The van der Waals surface area contributed by atoms with E-state index in [4.69, 9.17) is 9.39 Å². The van der Waals surface area contributed by atoms with Gasteiger partial charge in [-0.1, -0.05) is 0 Å². The normalized spacial score (nSPS) is 22.9. The van der Waals surface area contributed by atoms with Crippen molar-refractivity contribution >= 4 is 21.9 Å². The Hall–Kier alpha value is -0.990. The van der Waals surface area contributed by atoms with Crippen molar-refractivity contribution in [2.24, 2.45) is 0 Å². The largest absolute Gasteiger partial charge is 0.285 e. The Balaban J connectivity index is 2.89. The molecule has 1 rings (SSSR count). The highest BCUT2D eigenvalue weighted by Gasteiger charge is 2.47. The first kappa shape index (κ1) is 12.1. The van der Waals surface area contributed by atoms with E-state index >= 15 is 0 Å². The summed E-state index contributed by atoms with van der Waals surface area (Å²) in [5.74, 6) is -1.81. The van der Waals surface area contributed by atoms with E-state index in [-0.39, 0.29) is 0 Å². The molecule has 15 heavy (non-hydrogen) atoms. The van der Waals surface area contributed by atoms with Crippen LogP contribution < -0.4 is 0 Å². The van der Waals surface area contributed by atoms with Crippen LogP contribution in [0.1, 0.15) is 20.3 Å². The number of imide groups is 1. The van der Waals surface area contributed by atoms with Crippen molar-refractivity contribution in [3.63, 3.8) is 0 Å². The van der Waals surface area contributed by atoms with Crippen LogP contribution in [0.5, 0.6) is 0 Å². The highest BCUT2D eigenvalue weighted by atomic mass is 32.2. The van der Waals surface area contributed by atoms with Crippen LogP contribution in [0.4, 0.5) is 0 Å². The van der Waals surface area contributed by atoms with Gasteiger partial charge in [-0.25, -0.2) is 0 Å². The SMILES string of the molecule is CC(C)ON1C(=O)CC(S(=O)(=O)O)C1=O. The number of carbonyl (C=O) groups is 2. The van der Waals surface area contributed by atoms with Crippen LogP contribution in [-0.4, -0.2) is 41.2 Å². The van der Waals surface area contributed by atoms with Crippen molar-refractivity contribution in [1.82, 2.24) is 5.06 Å². The molecule has 2 amide bonds. The first-order valence-corrected chi connectivity index (χ1v) is 5.73. The minimum absolute atomic E-state index is 0.392. The number of hydrogen-bond acceptors (Lipinski definition) is 5. The Labute approximate surface area is 86.7 Å². The van der Waals surface area contributed by atoms with E-state index in [1.165, 1.54) is 0 Å². The zero-order valence-corrected chi connectivity index (χ0v) is 9.02. The molecule has 0 aliphatic carbocycles. The second kappa shape index (κ2) is 3.87. The fourth-order valence-corrected chi connectivity index (χ4v) is 1.84. The van der Waals surface area contributed by atoms with E-state index in [0.29, 0.717) is 5.06 Å². The molecule has 0 aromatic rings. The van der Waals surface area contributed by atoms with Crippen LogP contribution in [0.25, 0.3) is 0 Å². The highest BCUT2D eigenvalue weighted by molar-refractivity contribution is 7.87. The van der Waals surface area contributed by atoms with Crippen LogP contribution in [0.15, 0.2) is 0 Å². The lowest BCUT2D eigenvalue weighted by molar-refractivity contribution is -0.198. The van der Waals surface area contributed by atoms with Crippen LogP contribution in [-0.2, 0) is 24.5 Å². The molecule has 0 spiro atoms. The lowest BCUT2D eigenvalue weighted by atomic mass is 10.4. The third-order valence-electron chi connectivity index (χ3n) is 1.74. The van der Waals surface area contributed by atoms with Gasteiger partial charge in [-0.15, -0.1) is 0 Å². The fraction of sp³-hybridized carbons (Fsp3) is 0.714. The molecule has 1 heterocycles. The van der Waals surface area contributed by atoms with E-state index < -0.39 is 39.7 Å². The summed E-state index contributed by atoms with van der Waals surface area (Å²) in [6.07, 6.45) is -1.01. The summed E-state index contributed by atoms with van der Waals surface area (Å²) in [6.45, 7) is 3.17. The van der Waals surface area contributed by atoms with E-state index in [9.17, 15) is 18.0 Å². The Morgan fingerprint density at radius 1 is 1.47 bits per heavy atom. The van der Waals surface area contributed by atoms with Gasteiger partial charge >= 0.3 is 0 Å². The fourth-order valence-electron chi connectivity index (χ4n) is 1.14. The van der Waals surface area contributed by atoms with Crippen molar-refractivity contribution in [2.45, 2.75) is 31.6 Å². The number of hydrogen-bond donors (Lipinski definition) is 1. The molecule has 8 heteroatoms. The van der Waals surface area contributed by atoms with Crippen LogP contribution >= 0.6 is 0 Å². The van der Waals surface area contributed by atoms with Gasteiger partial charge < -0.3 is 0 Å². The van der Waals surface area contributed by atoms with Crippen LogP contribution in [0.3, 0.4) is 0 Å². The Morgan fingerprint density at radius 3 is 2.33 bits per heavy atom. The summed E-state index contributed by atoms with van der Waals surface area (Å²) in [7, 11) is -4.55. The third kappa shape index (κ3) is 2.52. The maximum atomic E-state index is 11.3. The number of carbonyl (C=O) groups excluding carboxylic acids is 2. The minimum Gasteiger partial charge on any atom is -0.285 e. The van der Waals surface area contributed by atoms with Crippen LogP contribution in [0, 0.1) is 0 Å². The molecular formula is C7H11NO6S. The van der Waals surface area contributed by atoms with Gasteiger partial charge in [0.05, 0.1) is 12.5 Å². The standard InChI is InChI=1S/C7H11NO6S/c1-4(2)14-8-6(9)3-5(7(8)10)15(11,12)13/h4-5H,3H2,1-2H3,(H,11,12,13). The molecule has 0 radical (unpaired) electrons. The Morgan fingerprint density at radius 2 is 2.00 bits per heavy atom. The number of hydroxylamine groups is 2. The van der Waals surface area contributed by atoms with Crippen molar-refractivity contribution in [3.8, 4) is 0 Å². The van der Waals surface area contributed by atoms with Crippen molar-refractivity contribution in [3.05, 3.63) is 0 Å². The van der Waals surface area contributed by atoms with Gasteiger partial charge in [0.15, 0.2) is 5.25 Å². The van der Waals surface area contributed by atoms with Crippen LogP contribution in [0.2, 0.25) is 0 Å². The maximum Gasteiger partial charge on any atom is 0.277 e. The minimum atomic E-state index is -4.55. The molecule has 1 aliphatic heterocycles. The molecule has 0 saturated carbocycles. The molecule has 1 unspecified atom stereocenters. The van der Waals surface area contributed by atoms with E-state index in [0.717, 1.165) is 0 Å². The molecule has 1 atom stereocenters. The number of amides is 2. The lowest BCUT2D eigenvalue weighted by Crippen LogP contribution is -2.36. The average molecular weight is 237 g/mol. The van der Waals surface area contributed by atoms with E-state index in [1.807, 2.05) is 0 Å². The second-order valence-electron chi connectivity index (χ2n) is 3.39. The van der Waals surface area contributed by atoms with Crippen molar-refractivity contribution in [2.75, 3.05) is 0 Å². The molecule has 86 valence electrons. The van der Waals surface area contributed by atoms with Gasteiger partial charge in [0.25, 0.3) is 21.9 Å². The van der Waals surface area contributed by atoms with Gasteiger partial charge in [-0.3, -0.25) is 19.0 Å². The molecule has 1 saturated heterocycles. The molecule has 1 fully saturated rings. The number of nitrogens with zero attached hydrogens (tertiary/aromatic N) is 1. The van der Waals surface area contributed by atoms with Crippen molar-refractivity contribution in [1.29, 1.82) is 0 Å². The summed E-state index contributed by atoms with van der Waals surface area (Å²) >= 11 is 0. The first-order chi connectivity index (χ1) is 6.73. The zero-order chi connectivity index (χ0) is 11.8. The zero-order valence-electron chi connectivity index (χ0n) is 8.21. The number of rotatable bonds is 3. The van der Waals surface area contributed by atoms with Gasteiger partial charge in [0.2, 0.25) is 0 Å². The molecule has 1 N–H and O–H groups in total. The summed E-state index contributed by atoms with van der Waals surface area (Å²) in [6, 6.07) is 0. The van der Waals surface area contributed by atoms with Gasteiger partial charge in [-0.2, -0.15) is 13.5 Å². The van der Waals surface area contributed by atoms with Gasteiger partial charge in [0.1, 0.15) is 0 Å². The maximum absolute atomic E-state index is 11.3. The average Bonchev–Trinajstić information content (AvgIpc) is 2.30. The quantitative estimate of drug-likeness (QED) is 0.516. The van der Waals surface area contributed by atoms with Crippen molar-refractivity contribution < 1.29 is 27.4 Å². The second-order valence-corrected chi connectivity index (χ2v) is 4.99. The molecule has 0 aromatic carbocycles. The molecule has 7 nitrogen and oxygen atoms in total. The van der Waals surface area contributed by atoms with E-state index in [2.05, 4.69) is 0 Å². The van der Waals surface area contributed by atoms with Gasteiger partial charge in [0, 0.05) is 0 Å². The summed E-state index contributed by atoms with van der Waals surface area (Å²) in [5, 5.41) is -1.34. The predicted octanol–water partition coefficient (Wildman–Crippen LogP) is -0.658. The summed E-state index contributed by atoms with van der Waals surface area (Å²) in [5.41, 5.74) is 0. The summed E-state index contributed by atoms with van der Waals surface area (Å²) < 4.78 is 30.1. The molecule has 0 aromatic heterocycles. The predicted molar refractivity (Wildman–Crippen MR) is 48.0 cm³/mol. The monoisotopic (exact) mass is 237 g/mol. The third-order valence-corrected chi connectivity index (χ3v) is 2.83. The topological polar surface area (TPSA) is 101 Å². The van der Waals surface area contributed by atoms with E-state index in [1.54, 1.807) is 13.8 Å². The summed E-state index contributed by atoms with van der Waals surface area (Å²) in [4.78, 5) is 27.3.